The van der Waals surface area contributed by atoms with E-state index in [1.807, 2.05) is 0 Å². The largest absolute Gasteiger partial charge is 0.673 e. The lowest BCUT2D eigenvalue weighted by atomic mass is 11.8. The van der Waals surface area contributed by atoms with Crippen LogP contribution in [-0.4, -0.2) is 77.4 Å². The molecule has 0 spiro atoms. The minimum Gasteiger partial charge on any atom is -0.380 e. The maximum Gasteiger partial charge on any atom is 0.673 e. The minimum atomic E-state index is -3.55. The molecule has 0 bridgehead atoms. The van der Waals surface area contributed by atoms with Crippen LogP contribution in [0.4, 0.5) is 0 Å². The minimum absolute atomic E-state index is 1.38. The molecule has 0 rings (SSSR count). The second-order valence-corrected chi connectivity index (χ2v) is 10.3. The zero-order chi connectivity index (χ0) is 14.9. The third kappa shape index (κ3) is 5.29. The summed E-state index contributed by atoms with van der Waals surface area (Å²) in [6, 6.07) is 0. The Morgan fingerprint density at radius 2 is 0.947 bits per heavy atom. The van der Waals surface area contributed by atoms with E-state index in [2.05, 4.69) is 0 Å². The summed E-state index contributed by atoms with van der Waals surface area (Å²) in [5.74, 6) is 0. The van der Waals surface area contributed by atoms with Crippen LogP contribution in [0.15, 0.2) is 0 Å². The van der Waals surface area contributed by atoms with Crippen LogP contribution in [-0.2, 0) is 39.2 Å². The fraction of sp³-hybridized carbons (Fsp3) is 1.00. The molecule has 0 atom stereocenters. The van der Waals surface area contributed by atoms with Gasteiger partial charge in [0.1, 0.15) is 0 Å². The van der Waals surface area contributed by atoms with Crippen molar-refractivity contribution in [2.45, 2.75) is 0 Å². The lowest BCUT2D eigenvalue weighted by Gasteiger charge is -2.33. The molecule has 12 heteroatoms. The van der Waals surface area contributed by atoms with Gasteiger partial charge in [-0.05, 0) is 0 Å². The number of hydrogen-bond acceptors (Lipinski definition) is 9. The molecule has 0 aromatic carbocycles. The standard InChI is InChI=1S/C7H22O9Si3/c1-8-17(9-2)15-19(13-6,14-7)16-18(10-3,11-4)12-5/h17H,1-7H3. The summed E-state index contributed by atoms with van der Waals surface area (Å²) in [6.45, 7) is 0. The molecule has 0 aliphatic rings. The Kier molecular flexibility index (Phi) is 9.41. The van der Waals surface area contributed by atoms with Gasteiger partial charge in [0, 0.05) is 49.8 Å². The van der Waals surface area contributed by atoms with Crippen molar-refractivity contribution in [3.05, 3.63) is 0 Å². The first-order valence-corrected chi connectivity index (χ1v) is 9.88. The van der Waals surface area contributed by atoms with E-state index in [4.69, 9.17) is 39.2 Å². The topological polar surface area (TPSA) is 83.1 Å². The second kappa shape index (κ2) is 9.27. The molecule has 0 radical (unpaired) electrons. The van der Waals surface area contributed by atoms with E-state index in [9.17, 15) is 0 Å². The highest BCUT2D eigenvalue weighted by atomic mass is 28.5. The van der Waals surface area contributed by atoms with Crippen molar-refractivity contribution in [1.82, 2.24) is 0 Å². The summed E-state index contributed by atoms with van der Waals surface area (Å²) in [4.78, 5) is 0. The van der Waals surface area contributed by atoms with E-state index in [-0.39, 0.29) is 0 Å². The van der Waals surface area contributed by atoms with Gasteiger partial charge >= 0.3 is 27.6 Å². The van der Waals surface area contributed by atoms with E-state index in [0.29, 0.717) is 0 Å². The van der Waals surface area contributed by atoms with Crippen molar-refractivity contribution in [2.24, 2.45) is 0 Å². The monoisotopic (exact) mass is 334 g/mol. The first kappa shape index (κ1) is 19.3. The quantitative estimate of drug-likeness (QED) is 0.448. The molecule has 0 aliphatic carbocycles. The van der Waals surface area contributed by atoms with Crippen LogP contribution in [0.5, 0.6) is 0 Å². The van der Waals surface area contributed by atoms with Crippen LogP contribution in [0.2, 0.25) is 0 Å². The molecule has 116 valence electrons. The molecule has 0 N–H and O–H groups in total. The van der Waals surface area contributed by atoms with Gasteiger partial charge in [0.05, 0.1) is 0 Å². The zero-order valence-electron chi connectivity index (χ0n) is 12.3. The van der Waals surface area contributed by atoms with E-state index < -0.39 is 27.6 Å². The predicted octanol–water partition coefficient (Wildman–Crippen LogP) is -0.867. The van der Waals surface area contributed by atoms with E-state index in [0.717, 1.165) is 0 Å². The maximum absolute atomic E-state index is 5.62. The fourth-order valence-corrected chi connectivity index (χ4v) is 7.98. The Morgan fingerprint density at radius 3 is 1.21 bits per heavy atom. The Balaban J connectivity index is 5.06. The normalized spacial score (nSPS) is 13.3. The smallest absolute Gasteiger partial charge is 0.380 e. The molecular weight excluding hydrogens is 312 g/mol. The van der Waals surface area contributed by atoms with Crippen molar-refractivity contribution in [3.63, 3.8) is 0 Å². The molecule has 0 saturated carbocycles. The van der Waals surface area contributed by atoms with Crippen molar-refractivity contribution >= 4 is 27.6 Å². The Morgan fingerprint density at radius 1 is 0.579 bits per heavy atom. The second-order valence-electron chi connectivity index (χ2n) is 3.00. The summed E-state index contributed by atoms with van der Waals surface area (Å²) in [6.07, 6.45) is 0. The molecule has 0 heterocycles. The van der Waals surface area contributed by atoms with Crippen molar-refractivity contribution in [2.75, 3.05) is 49.8 Å². The zero-order valence-corrected chi connectivity index (χ0v) is 15.4. The predicted molar refractivity (Wildman–Crippen MR) is 69.9 cm³/mol. The summed E-state index contributed by atoms with van der Waals surface area (Å²) in [5, 5.41) is 0. The number of hydrogen-bond donors (Lipinski definition) is 0. The summed E-state index contributed by atoms with van der Waals surface area (Å²) < 4.78 is 47.2. The van der Waals surface area contributed by atoms with E-state index in [1.165, 1.54) is 49.8 Å². The molecule has 0 saturated heterocycles. The first-order valence-electron chi connectivity index (χ1n) is 5.20. The van der Waals surface area contributed by atoms with Gasteiger partial charge in [0.2, 0.25) is 0 Å². The molecule has 0 fully saturated rings. The van der Waals surface area contributed by atoms with Crippen LogP contribution in [0.25, 0.3) is 0 Å². The van der Waals surface area contributed by atoms with Gasteiger partial charge in [0.25, 0.3) is 0 Å². The SMILES string of the molecule is CO[SiH](OC)O[Si](OC)(OC)O[Si](OC)(OC)OC. The molecule has 9 nitrogen and oxygen atoms in total. The molecule has 0 aromatic rings. The van der Waals surface area contributed by atoms with Crippen LogP contribution < -0.4 is 0 Å². The van der Waals surface area contributed by atoms with Crippen LogP contribution >= 0.6 is 0 Å². The lowest BCUT2D eigenvalue weighted by molar-refractivity contribution is -0.0214. The highest BCUT2D eigenvalue weighted by Crippen LogP contribution is 2.20. The van der Waals surface area contributed by atoms with Crippen LogP contribution in [0.3, 0.4) is 0 Å². The third-order valence-corrected chi connectivity index (χ3v) is 9.32. The van der Waals surface area contributed by atoms with E-state index >= 15 is 0 Å². The average Bonchev–Trinajstić information content (AvgIpc) is 2.49. The van der Waals surface area contributed by atoms with Gasteiger partial charge in [-0.3, -0.25) is 0 Å². The highest BCUT2D eigenvalue weighted by Gasteiger charge is 2.58. The van der Waals surface area contributed by atoms with Crippen molar-refractivity contribution in [1.29, 1.82) is 0 Å². The lowest BCUT2D eigenvalue weighted by Crippen LogP contribution is -2.62. The third-order valence-electron chi connectivity index (χ3n) is 2.13. The van der Waals surface area contributed by atoms with Gasteiger partial charge < -0.3 is 39.2 Å². The Bertz CT molecular complexity index is 224. The van der Waals surface area contributed by atoms with Crippen molar-refractivity contribution in [3.8, 4) is 0 Å². The molecule has 19 heavy (non-hydrogen) atoms. The summed E-state index contributed by atoms with van der Waals surface area (Å²) in [5.41, 5.74) is 0. The Labute approximate surface area is 117 Å². The van der Waals surface area contributed by atoms with Crippen LogP contribution in [0, 0.1) is 0 Å². The molecule has 0 aliphatic heterocycles. The van der Waals surface area contributed by atoms with E-state index in [1.54, 1.807) is 0 Å². The van der Waals surface area contributed by atoms with Gasteiger partial charge in [-0.1, -0.05) is 0 Å². The van der Waals surface area contributed by atoms with Crippen LogP contribution in [0.1, 0.15) is 0 Å². The number of rotatable bonds is 11. The van der Waals surface area contributed by atoms with Gasteiger partial charge in [-0.25, -0.2) is 0 Å². The summed E-state index contributed by atoms with van der Waals surface area (Å²) >= 11 is 0. The first-order chi connectivity index (χ1) is 9.00. The fourth-order valence-electron chi connectivity index (χ4n) is 1.13. The Hall–Kier alpha value is 0.291. The molecule has 0 aromatic heterocycles. The molecular formula is C7H22O9Si3. The van der Waals surface area contributed by atoms with Gasteiger partial charge in [-0.2, -0.15) is 0 Å². The van der Waals surface area contributed by atoms with Gasteiger partial charge in [-0.15, -0.1) is 0 Å². The highest BCUT2D eigenvalue weighted by molar-refractivity contribution is 6.71. The molecule has 0 amide bonds. The molecule has 0 unspecified atom stereocenters. The maximum atomic E-state index is 5.62. The van der Waals surface area contributed by atoms with Crippen molar-refractivity contribution < 1.29 is 39.2 Å². The summed E-state index contributed by atoms with van der Waals surface area (Å²) in [7, 11) is 0.489. The van der Waals surface area contributed by atoms with Gasteiger partial charge in [0.15, 0.2) is 0 Å². The average molecular weight is 335 g/mol.